The van der Waals surface area contributed by atoms with E-state index >= 15 is 8.78 Å². The van der Waals surface area contributed by atoms with Crippen molar-refractivity contribution >= 4 is 5.52 Å². The number of pyridine rings is 1. The summed E-state index contributed by atoms with van der Waals surface area (Å²) in [5.74, 6) is -0.467. The van der Waals surface area contributed by atoms with E-state index in [1.54, 1.807) is 22.8 Å². The monoisotopic (exact) mass is 528 g/mol. The molecule has 2 aliphatic rings. The molecule has 0 unspecified atom stereocenters. The van der Waals surface area contributed by atoms with Gasteiger partial charge in [-0.05, 0) is 85.0 Å². The Morgan fingerprint density at radius 2 is 1.90 bits per heavy atom. The fraction of sp³-hybridized carbons (Fsp3) is 0.400. The van der Waals surface area contributed by atoms with Gasteiger partial charge in [-0.15, -0.1) is 0 Å². The lowest BCUT2D eigenvalue weighted by Gasteiger charge is -2.31. The average Bonchev–Trinajstić information content (AvgIpc) is 3.35. The second-order valence-electron chi connectivity index (χ2n) is 10.7. The lowest BCUT2D eigenvalue weighted by Crippen LogP contribution is -2.32. The summed E-state index contributed by atoms with van der Waals surface area (Å²) in [6, 6.07) is 10.4. The van der Waals surface area contributed by atoms with E-state index in [9.17, 15) is 5.26 Å². The summed E-state index contributed by atoms with van der Waals surface area (Å²) in [4.78, 5) is 8.93. The smallest absolute Gasteiger partial charge is 0.135 e. The molecule has 2 atom stereocenters. The molecule has 4 heterocycles. The fourth-order valence-corrected chi connectivity index (χ4v) is 6.13. The highest BCUT2D eigenvalue weighted by Crippen LogP contribution is 2.38. The molecule has 0 spiro atoms. The first kappa shape index (κ1) is 25.5. The van der Waals surface area contributed by atoms with E-state index in [2.05, 4.69) is 27.2 Å². The van der Waals surface area contributed by atoms with Gasteiger partial charge in [0.1, 0.15) is 17.5 Å². The van der Waals surface area contributed by atoms with Crippen molar-refractivity contribution in [1.82, 2.24) is 19.6 Å². The average molecular weight is 529 g/mol. The number of fused-ring (bicyclic) bond motifs is 1. The minimum Gasteiger partial charge on any atom is -0.381 e. The van der Waals surface area contributed by atoms with Crippen LogP contribution in [0.4, 0.5) is 8.78 Å². The summed E-state index contributed by atoms with van der Waals surface area (Å²) in [7, 11) is 0. The predicted molar refractivity (Wildman–Crippen MR) is 142 cm³/mol. The van der Waals surface area contributed by atoms with E-state index in [0.29, 0.717) is 49.8 Å². The Morgan fingerprint density at radius 3 is 2.64 bits per heavy atom. The van der Waals surface area contributed by atoms with Gasteiger partial charge in [-0.25, -0.2) is 18.3 Å². The molecule has 1 aromatic carbocycles. The Kier molecular flexibility index (Phi) is 6.83. The number of hydrogen-bond acceptors (Lipinski definition) is 6. The van der Waals surface area contributed by atoms with E-state index in [1.165, 1.54) is 17.7 Å². The lowest BCUT2D eigenvalue weighted by atomic mass is 9.75. The van der Waals surface area contributed by atoms with Crippen LogP contribution < -0.4 is 5.73 Å². The quantitative estimate of drug-likeness (QED) is 0.381. The number of nitrogens with zero attached hydrogens (tertiary/aromatic N) is 5. The summed E-state index contributed by atoms with van der Waals surface area (Å²) >= 11 is 0. The molecule has 1 saturated carbocycles. The van der Waals surface area contributed by atoms with Gasteiger partial charge in [-0.2, -0.15) is 10.4 Å². The molecule has 0 amide bonds. The van der Waals surface area contributed by atoms with Crippen molar-refractivity contribution in [2.75, 3.05) is 13.2 Å². The third-order valence-electron chi connectivity index (χ3n) is 8.31. The number of nitrogens with two attached hydrogens (primary N) is 1. The molecular weight excluding hydrogens is 498 g/mol. The first-order valence-corrected chi connectivity index (χ1v) is 13.5. The highest BCUT2D eigenvalue weighted by molar-refractivity contribution is 5.64. The van der Waals surface area contributed by atoms with Crippen LogP contribution in [0.3, 0.4) is 0 Å². The number of imidazole rings is 1. The summed E-state index contributed by atoms with van der Waals surface area (Å²) in [6.45, 7) is 0.763. The summed E-state index contributed by atoms with van der Waals surface area (Å²) in [6.07, 6.45) is 10.8. The number of halogens is 2. The van der Waals surface area contributed by atoms with Crippen LogP contribution in [0.1, 0.15) is 67.0 Å². The van der Waals surface area contributed by atoms with Crippen LogP contribution in [0.2, 0.25) is 0 Å². The van der Waals surface area contributed by atoms with E-state index < -0.39 is 17.0 Å². The Labute approximate surface area is 225 Å². The van der Waals surface area contributed by atoms with Crippen LogP contribution in [0.5, 0.6) is 0 Å². The first-order valence-electron chi connectivity index (χ1n) is 13.5. The number of nitriles is 1. The van der Waals surface area contributed by atoms with E-state index in [4.69, 9.17) is 10.5 Å². The summed E-state index contributed by atoms with van der Waals surface area (Å²) < 4.78 is 37.9. The summed E-state index contributed by atoms with van der Waals surface area (Å²) in [5, 5.41) is 14.4. The normalized spacial score (nSPS) is 21.1. The highest BCUT2D eigenvalue weighted by atomic mass is 19.1. The standard InChI is InChI=1S/C30H30F2N6O/c31-25-14-21(30(18-33)7-10-39-11-8-30)15-26(32)29(25)27-5-4-23-17-36-28(38(23)37-27)13-20-16-35-9-6-24(20)19-2-1-3-22(34)12-19/h4-6,9,14-17,19,22H,1-3,7-8,10-13,34H2/t19-,22+/m1/s1. The minimum atomic E-state index is -0.961. The number of hydrogen-bond donors (Lipinski definition) is 1. The SMILES string of the molecule is N#CC1(c2cc(F)c(-c3ccc4cnc(Cc5cnccc5[C@@H]5CCC[C@H](N)C5)n4n3)c(F)c2)CCOCC1. The number of benzene rings is 1. The minimum absolute atomic E-state index is 0.158. The Morgan fingerprint density at radius 1 is 1.10 bits per heavy atom. The van der Waals surface area contributed by atoms with Crippen molar-refractivity contribution in [2.45, 2.75) is 62.3 Å². The largest absolute Gasteiger partial charge is 0.381 e. The molecule has 2 N–H and O–H groups in total. The van der Waals surface area contributed by atoms with Crippen molar-refractivity contribution < 1.29 is 13.5 Å². The van der Waals surface area contributed by atoms with Crippen molar-refractivity contribution in [2.24, 2.45) is 5.73 Å². The maximum atomic E-state index is 15.5. The second kappa shape index (κ2) is 10.4. The van der Waals surface area contributed by atoms with Gasteiger partial charge in [0.25, 0.3) is 0 Å². The molecule has 7 nitrogen and oxygen atoms in total. The van der Waals surface area contributed by atoms with E-state index in [-0.39, 0.29) is 17.3 Å². The van der Waals surface area contributed by atoms with Gasteiger partial charge >= 0.3 is 0 Å². The van der Waals surface area contributed by atoms with Crippen LogP contribution in [-0.4, -0.2) is 38.8 Å². The van der Waals surface area contributed by atoms with Crippen LogP contribution in [-0.2, 0) is 16.6 Å². The molecular formula is C30H30F2N6O. The predicted octanol–water partition coefficient (Wildman–Crippen LogP) is 5.22. The van der Waals surface area contributed by atoms with Crippen molar-refractivity contribution in [3.63, 3.8) is 0 Å². The first-order chi connectivity index (χ1) is 19.0. The van der Waals surface area contributed by atoms with Gasteiger partial charge in [0.05, 0.1) is 34.5 Å². The molecule has 9 heteroatoms. The van der Waals surface area contributed by atoms with Crippen LogP contribution in [0, 0.1) is 23.0 Å². The van der Waals surface area contributed by atoms with Crippen LogP contribution in [0.25, 0.3) is 16.8 Å². The zero-order valence-electron chi connectivity index (χ0n) is 21.6. The van der Waals surface area contributed by atoms with Gasteiger partial charge in [0, 0.05) is 38.1 Å². The molecule has 4 aromatic rings. The molecule has 2 fully saturated rings. The molecule has 3 aromatic heterocycles. The number of ether oxygens (including phenoxy) is 1. The number of aromatic nitrogens is 4. The third kappa shape index (κ3) is 4.79. The maximum Gasteiger partial charge on any atom is 0.135 e. The molecule has 0 radical (unpaired) electrons. The third-order valence-corrected chi connectivity index (χ3v) is 8.31. The maximum absolute atomic E-state index is 15.5. The summed E-state index contributed by atoms with van der Waals surface area (Å²) in [5.41, 5.74) is 8.57. The number of rotatable bonds is 5. The molecule has 200 valence electrons. The van der Waals surface area contributed by atoms with E-state index in [0.717, 1.165) is 36.8 Å². The zero-order chi connectivity index (χ0) is 27.0. The Balaban J connectivity index is 1.35. The van der Waals surface area contributed by atoms with Crippen LogP contribution >= 0.6 is 0 Å². The van der Waals surface area contributed by atoms with Crippen molar-refractivity contribution in [3.8, 4) is 17.3 Å². The molecule has 1 aliphatic carbocycles. The van der Waals surface area contributed by atoms with Crippen molar-refractivity contribution in [3.05, 3.63) is 83.1 Å². The Bertz CT molecular complexity index is 1530. The molecule has 1 aliphatic heterocycles. The second-order valence-corrected chi connectivity index (χ2v) is 10.7. The molecule has 1 saturated heterocycles. The molecule has 6 rings (SSSR count). The van der Waals surface area contributed by atoms with Gasteiger partial charge in [-0.3, -0.25) is 4.98 Å². The van der Waals surface area contributed by atoms with Gasteiger partial charge in [0.15, 0.2) is 0 Å². The van der Waals surface area contributed by atoms with Crippen LogP contribution in [0.15, 0.2) is 48.9 Å². The van der Waals surface area contributed by atoms with Crippen molar-refractivity contribution in [1.29, 1.82) is 5.26 Å². The molecule has 39 heavy (non-hydrogen) atoms. The molecule has 0 bridgehead atoms. The topological polar surface area (TPSA) is 102 Å². The Hall–Kier alpha value is -3.74. The van der Waals surface area contributed by atoms with Gasteiger partial charge in [-0.1, -0.05) is 6.42 Å². The van der Waals surface area contributed by atoms with E-state index in [1.807, 2.05) is 12.4 Å². The fourth-order valence-electron chi connectivity index (χ4n) is 6.13. The lowest BCUT2D eigenvalue weighted by molar-refractivity contribution is 0.0674. The highest BCUT2D eigenvalue weighted by Gasteiger charge is 2.36. The van der Waals surface area contributed by atoms with Gasteiger partial charge < -0.3 is 10.5 Å². The van der Waals surface area contributed by atoms with Gasteiger partial charge in [0.2, 0.25) is 0 Å². The zero-order valence-corrected chi connectivity index (χ0v) is 21.6.